The molecule has 0 aliphatic carbocycles. The van der Waals surface area contributed by atoms with Gasteiger partial charge >= 0.3 is 0 Å². The molecule has 0 radical (unpaired) electrons. The number of pyridine rings is 1. The summed E-state index contributed by atoms with van der Waals surface area (Å²) in [4.78, 5) is 20.5. The Hall–Kier alpha value is -2.40. The largest absolute Gasteiger partial charge is 0.505 e. The molecule has 22 heavy (non-hydrogen) atoms. The Morgan fingerprint density at radius 1 is 1.23 bits per heavy atom. The number of piperazine rings is 1. The molecule has 5 nitrogen and oxygen atoms in total. The van der Waals surface area contributed by atoms with Crippen LogP contribution in [0.5, 0.6) is 5.75 Å². The number of carbonyl (C=O) groups is 1. The lowest BCUT2D eigenvalue weighted by Gasteiger charge is -2.39. The molecule has 0 saturated carbocycles. The quantitative estimate of drug-likeness (QED) is 0.920. The van der Waals surface area contributed by atoms with Gasteiger partial charge in [-0.2, -0.15) is 0 Å². The molecule has 1 saturated heterocycles. The van der Waals surface area contributed by atoms with Crippen molar-refractivity contribution in [1.29, 1.82) is 0 Å². The van der Waals surface area contributed by atoms with E-state index in [1.165, 1.54) is 18.0 Å². The third-order valence-corrected chi connectivity index (χ3v) is 4.15. The number of aromatic hydroxyl groups is 1. The minimum absolute atomic E-state index is 0.0670. The molecule has 5 heteroatoms. The van der Waals surface area contributed by atoms with Gasteiger partial charge in [0.15, 0.2) is 0 Å². The lowest BCUT2D eigenvalue weighted by atomic mass is 10.0. The van der Waals surface area contributed by atoms with Gasteiger partial charge in [0.25, 0.3) is 5.91 Å². The first-order chi connectivity index (χ1) is 10.7. The summed E-state index contributed by atoms with van der Waals surface area (Å²) in [5.41, 5.74) is 1.51. The van der Waals surface area contributed by atoms with Crippen molar-refractivity contribution in [3.05, 3.63) is 59.9 Å². The number of rotatable bonds is 2. The zero-order valence-corrected chi connectivity index (χ0v) is 12.5. The van der Waals surface area contributed by atoms with Crippen LogP contribution in [0.4, 0.5) is 0 Å². The topological polar surface area (TPSA) is 56.7 Å². The van der Waals surface area contributed by atoms with Crippen LogP contribution in [0.15, 0.2) is 48.8 Å². The van der Waals surface area contributed by atoms with E-state index in [0.717, 1.165) is 6.54 Å². The van der Waals surface area contributed by atoms with E-state index in [1.54, 1.807) is 11.0 Å². The molecule has 3 rings (SSSR count). The molecule has 1 aromatic heterocycles. The van der Waals surface area contributed by atoms with E-state index >= 15 is 0 Å². The molecular formula is C17H19N3O2. The number of benzene rings is 1. The highest BCUT2D eigenvalue weighted by atomic mass is 16.3. The normalized spacial score (nSPS) is 19.1. The maximum atomic E-state index is 12.6. The summed E-state index contributed by atoms with van der Waals surface area (Å²) >= 11 is 0. The number of aromatic nitrogens is 1. The Kier molecular flexibility index (Phi) is 4.06. The minimum Gasteiger partial charge on any atom is -0.505 e. The Morgan fingerprint density at radius 3 is 2.73 bits per heavy atom. The van der Waals surface area contributed by atoms with E-state index in [1.807, 2.05) is 18.2 Å². The fourth-order valence-electron chi connectivity index (χ4n) is 2.83. The van der Waals surface area contributed by atoms with Crippen molar-refractivity contribution in [2.75, 3.05) is 26.7 Å². The molecule has 2 aromatic rings. The molecule has 0 spiro atoms. The molecule has 1 amide bonds. The number of hydrogen-bond acceptors (Lipinski definition) is 4. The standard InChI is InChI=1S/C17H19N3O2/c1-19-9-10-20(12-15(19)13-5-3-2-4-6-13)17(22)14-7-8-18-11-16(14)21/h2-8,11,15,21H,9-10,12H2,1H3/t15-/m1/s1. The summed E-state index contributed by atoms with van der Waals surface area (Å²) in [6, 6.07) is 11.9. The molecule has 1 N–H and O–H groups in total. The zero-order chi connectivity index (χ0) is 15.5. The molecule has 0 bridgehead atoms. The monoisotopic (exact) mass is 297 g/mol. The first-order valence-corrected chi connectivity index (χ1v) is 7.34. The molecule has 0 unspecified atom stereocenters. The average Bonchev–Trinajstić information content (AvgIpc) is 2.56. The Bertz CT molecular complexity index is 660. The molecule has 2 heterocycles. The Balaban J connectivity index is 1.81. The highest BCUT2D eigenvalue weighted by Gasteiger charge is 2.29. The number of amides is 1. The predicted molar refractivity (Wildman–Crippen MR) is 83.6 cm³/mol. The smallest absolute Gasteiger partial charge is 0.257 e. The lowest BCUT2D eigenvalue weighted by Crippen LogP contribution is -2.49. The van der Waals surface area contributed by atoms with E-state index in [2.05, 4.69) is 29.1 Å². The van der Waals surface area contributed by atoms with Crippen molar-refractivity contribution in [3.63, 3.8) is 0 Å². The van der Waals surface area contributed by atoms with Gasteiger partial charge in [0.05, 0.1) is 17.8 Å². The van der Waals surface area contributed by atoms with Gasteiger partial charge in [-0.3, -0.25) is 14.7 Å². The van der Waals surface area contributed by atoms with Gasteiger partial charge in [0.2, 0.25) is 0 Å². The SMILES string of the molecule is CN1CCN(C(=O)c2ccncc2O)C[C@@H]1c1ccccc1. The average molecular weight is 297 g/mol. The fourth-order valence-corrected chi connectivity index (χ4v) is 2.83. The van der Waals surface area contributed by atoms with Crippen LogP contribution in [0.3, 0.4) is 0 Å². The highest BCUT2D eigenvalue weighted by Crippen LogP contribution is 2.26. The van der Waals surface area contributed by atoms with E-state index in [-0.39, 0.29) is 17.7 Å². The van der Waals surface area contributed by atoms with Crippen molar-refractivity contribution in [2.24, 2.45) is 0 Å². The Labute approximate surface area is 129 Å². The molecular weight excluding hydrogens is 278 g/mol. The summed E-state index contributed by atoms with van der Waals surface area (Å²) in [6.07, 6.45) is 2.83. The van der Waals surface area contributed by atoms with Gasteiger partial charge in [-0.1, -0.05) is 30.3 Å². The van der Waals surface area contributed by atoms with Crippen LogP contribution in [-0.2, 0) is 0 Å². The fraction of sp³-hybridized carbons (Fsp3) is 0.294. The van der Waals surface area contributed by atoms with Gasteiger partial charge in [-0.15, -0.1) is 0 Å². The van der Waals surface area contributed by atoms with Crippen molar-refractivity contribution < 1.29 is 9.90 Å². The lowest BCUT2D eigenvalue weighted by molar-refractivity contribution is 0.0543. The van der Waals surface area contributed by atoms with Crippen LogP contribution >= 0.6 is 0 Å². The van der Waals surface area contributed by atoms with Gasteiger partial charge in [-0.05, 0) is 18.7 Å². The van der Waals surface area contributed by atoms with Crippen LogP contribution < -0.4 is 0 Å². The van der Waals surface area contributed by atoms with Gasteiger partial charge in [0, 0.05) is 25.8 Å². The van der Waals surface area contributed by atoms with Crippen LogP contribution in [0.2, 0.25) is 0 Å². The Morgan fingerprint density at radius 2 is 2.00 bits per heavy atom. The second-order valence-electron chi connectivity index (χ2n) is 5.55. The molecule has 1 aliphatic rings. The molecule has 1 atom stereocenters. The summed E-state index contributed by atoms with van der Waals surface area (Å²) in [6.45, 7) is 2.07. The van der Waals surface area contributed by atoms with E-state index in [4.69, 9.17) is 0 Å². The van der Waals surface area contributed by atoms with Gasteiger partial charge < -0.3 is 10.0 Å². The first-order valence-electron chi connectivity index (χ1n) is 7.34. The van der Waals surface area contributed by atoms with Crippen molar-refractivity contribution in [3.8, 4) is 5.75 Å². The van der Waals surface area contributed by atoms with E-state index in [9.17, 15) is 9.90 Å². The van der Waals surface area contributed by atoms with Gasteiger partial charge in [0.1, 0.15) is 5.75 Å². The van der Waals surface area contributed by atoms with E-state index < -0.39 is 0 Å². The number of nitrogens with zero attached hydrogens (tertiary/aromatic N) is 3. The summed E-state index contributed by atoms with van der Waals surface area (Å²) in [7, 11) is 2.07. The molecule has 1 aliphatic heterocycles. The zero-order valence-electron chi connectivity index (χ0n) is 12.5. The third kappa shape index (κ3) is 2.80. The first kappa shape index (κ1) is 14.5. The van der Waals surface area contributed by atoms with Crippen molar-refractivity contribution in [1.82, 2.24) is 14.8 Å². The van der Waals surface area contributed by atoms with Crippen LogP contribution in [0.1, 0.15) is 22.0 Å². The number of carbonyl (C=O) groups excluding carboxylic acids is 1. The minimum atomic E-state index is -0.145. The molecule has 1 fully saturated rings. The second-order valence-corrected chi connectivity index (χ2v) is 5.55. The predicted octanol–water partition coefficient (Wildman–Crippen LogP) is 1.92. The molecule has 1 aromatic carbocycles. The van der Waals surface area contributed by atoms with Crippen LogP contribution in [0.25, 0.3) is 0 Å². The summed E-state index contributed by atoms with van der Waals surface area (Å²) < 4.78 is 0. The third-order valence-electron chi connectivity index (χ3n) is 4.15. The van der Waals surface area contributed by atoms with Crippen LogP contribution in [0, 0.1) is 0 Å². The second kappa shape index (κ2) is 6.15. The van der Waals surface area contributed by atoms with Crippen molar-refractivity contribution in [2.45, 2.75) is 6.04 Å². The molecule has 114 valence electrons. The van der Waals surface area contributed by atoms with Crippen LogP contribution in [-0.4, -0.2) is 52.5 Å². The highest BCUT2D eigenvalue weighted by molar-refractivity contribution is 5.96. The maximum Gasteiger partial charge on any atom is 0.257 e. The van der Waals surface area contributed by atoms with E-state index in [0.29, 0.717) is 18.7 Å². The maximum absolute atomic E-state index is 12.6. The van der Waals surface area contributed by atoms with Gasteiger partial charge in [-0.25, -0.2) is 0 Å². The summed E-state index contributed by atoms with van der Waals surface area (Å²) in [5.74, 6) is -0.211. The summed E-state index contributed by atoms with van der Waals surface area (Å²) in [5, 5.41) is 9.83. The number of hydrogen-bond donors (Lipinski definition) is 1. The van der Waals surface area contributed by atoms with Crippen molar-refractivity contribution >= 4 is 5.91 Å². The number of likely N-dealkylation sites (N-methyl/N-ethyl adjacent to an activating group) is 1.